The number of rotatable bonds is 3. The maximum absolute atomic E-state index is 14.6. The van der Waals surface area contributed by atoms with Gasteiger partial charge in [-0.15, -0.1) is 0 Å². The molecular formula is C18H19FN4O3. The number of aromatic nitrogens is 2. The van der Waals surface area contributed by atoms with E-state index in [1.165, 1.54) is 11.0 Å². The van der Waals surface area contributed by atoms with Crippen LogP contribution in [0.3, 0.4) is 0 Å². The van der Waals surface area contributed by atoms with Gasteiger partial charge < -0.3 is 14.4 Å². The lowest BCUT2D eigenvalue weighted by Gasteiger charge is -2.19. The number of carbonyl (C=O) groups excluding carboxylic acids is 1. The standard InChI is InChI=1S/C18H19FN4O3/c19-16-10-14(23-6-9-26-18(23)24)2-3-15(16)13-11-20-17(21-12-13)22-4-1-7-25-8-5-22/h2-3,10-12H,1,4-9H2. The van der Waals surface area contributed by atoms with Crippen LogP contribution in [-0.4, -0.2) is 55.5 Å². The summed E-state index contributed by atoms with van der Waals surface area (Å²) in [5.41, 5.74) is 1.47. The zero-order chi connectivity index (χ0) is 17.9. The van der Waals surface area contributed by atoms with Crippen molar-refractivity contribution in [3.63, 3.8) is 0 Å². The second-order valence-electron chi connectivity index (χ2n) is 6.15. The molecule has 0 spiro atoms. The molecule has 0 saturated carbocycles. The third-order valence-electron chi connectivity index (χ3n) is 4.48. The molecule has 4 rings (SSSR count). The third-order valence-corrected chi connectivity index (χ3v) is 4.48. The maximum Gasteiger partial charge on any atom is 0.414 e. The third kappa shape index (κ3) is 3.32. The van der Waals surface area contributed by atoms with Crippen molar-refractivity contribution in [3.05, 3.63) is 36.4 Å². The molecule has 1 amide bonds. The Morgan fingerprint density at radius 2 is 1.88 bits per heavy atom. The van der Waals surface area contributed by atoms with Crippen LogP contribution in [0.2, 0.25) is 0 Å². The molecule has 7 nitrogen and oxygen atoms in total. The zero-order valence-electron chi connectivity index (χ0n) is 14.2. The lowest BCUT2D eigenvalue weighted by molar-refractivity contribution is 0.152. The Morgan fingerprint density at radius 1 is 1.04 bits per heavy atom. The van der Waals surface area contributed by atoms with Gasteiger partial charge in [0.1, 0.15) is 12.4 Å². The lowest BCUT2D eigenvalue weighted by atomic mass is 10.1. The normalized spacial score (nSPS) is 18.0. The molecule has 2 fully saturated rings. The quantitative estimate of drug-likeness (QED) is 0.840. The molecule has 1 aromatic carbocycles. The molecule has 2 saturated heterocycles. The van der Waals surface area contributed by atoms with E-state index in [1.54, 1.807) is 24.5 Å². The number of cyclic esters (lactones) is 1. The van der Waals surface area contributed by atoms with E-state index < -0.39 is 11.9 Å². The highest BCUT2D eigenvalue weighted by Crippen LogP contribution is 2.28. The van der Waals surface area contributed by atoms with Crippen LogP contribution in [0.15, 0.2) is 30.6 Å². The summed E-state index contributed by atoms with van der Waals surface area (Å²) >= 11 is 0. The summed E-state index contributed by atoms with van der Waals surface area (Å²) in [5.74, 6) is 0.192. The van der Waals surface area contributed by atoms with Crippen LogP contribution in [0.5, 0.6) is 0 Å². The van der Waals surface area contributed by atoms with Gasteiger partial charge in [0.15, 0.2) is 0 Å². The number of anilines is 2. The largest absolute Gasteiger partial charge is 0.447 e. The molecule has 1 aromatic heterocycles. The van der Waals surface area contributed by atoms with Crippen molar-refractivity contribution in [2.24, 2.45) is 0 Å². The number of ether oxygens (including phenoxy) is 2. The molecule has 2 aliphatic rings. The molecular weight excluding hydrogens is 339 g/mol. The number of halogens is 1. The fourth-order valence-electron chi connectivity index (χ4n) is 3.10. The van der Waals surface area contributed by atoms with Crippen LogP contribution < -0.4 is 9.80 Å². The molecule has 3 heterocycles. The minimum Gasteiger partial charge on any atom is -0.447 e. The molecule has 0 unspecified atom stereocenters. The van der Waals surface area contributed by atoms with Crippen molar-refractivity contribution >= 4 is 17.7 Å². The maximum atomic E-state index is 14.6. The van der Waals surface area contributed by atoms with Gasteiger partial charge in [0.25, 0.3) is 0 Å². The van der Waals surface area contributed by atoms with E-state index in [9.17, 15) is 9.18 Å². The fraction of sp³-hybridized carbons (Fsp3) is 0.389. The molecule has 2 aliphatic heterocycles. The predicted octanol–water partition coefficient (Wildman–Crippen LogP) is 2.47. The van der Waals surface area contributed by atoms with Crippen molar-refractivity contribution in [1.29, 1.82) is 0 Å². The van der Waals surface area contributed by atoms with Gasteiger partial charge in [0.2, 0.25) is 5.95 Å². The van der Waals surface area contributed by atoms with E-state index in [-0.39, 0.29) is 0 Å². The predicted molar refractivity (Wildman–Crippen MR) is 93.8 cm³/mol. The summed E-state index contributed by atoms with van der Waals surface area (Å²) < 4.78 is 24.9. The van der Waals surface area contributed by atoms with Crippen molar-refractivity contribution in [1.82, 2.24) is 9.97 Å². The number of hydrogen-bond acceptors (Lipinski definition) is 6. The van der Waals surface area contributed by atoms with E-state index in [2.05, 4.69) is 14.9 Å². The Labute approximate surface area is 150 Å². The summed E-state index contributed by atoms with van der Waals surface area (Å²) in [6, 6.07) is 4.67. The SMILES string of the molecule is O=C1OCCN1c1ccc(-c2cnc(N3CCCOCC3)nc2)c(F)c1. The Balaban J connectivity index is 1.54. The first kappa shape index (κ1) is 16.7. The average Bonchev–Trinajstić information content (AvgIpc) is 2.92. The first-order chi connectivity index (χ1) is 12.7. The average molecular weight is 358 g/mol. The van der Waals surface area contributed by atoms with E-state index in [1.807, 2.05) is 0 Å². The monoisotopic (exact) mass is 358 g/mol. The zero-order valence-corrected chi connectivity index (χ0v) is 14.2. The van der Waals surface area contributed by atoms with E-state index >= 15 is 0 Å². The van der Waals surface area contributed by atoms with Crippen LogP contribution >= 0.6 is 0 Å². The van der Waals surface area contributed by atoms with Crippen LogP contribution in [0.4, 0.5) is 20.8 Å². The lowest BCUT2D eigenvalue weighted by Crippen LogP contribution is -2.27. The van der Waals surface area contributed by atoms with E-state index in [0.29, 0.717) is 42.5 Å². The van der Waals surface area contributed by atoms with Crippen molar-refractivity contribution in [3.8, 4) is 11.1 Å². The number of amides is 1. The molecule has 0 aliphatic carbocycles. The van der Waals surface area contributed by atoms with Gasteiger partial charge in [-0.3, -0.25) is 4.90 Å². The summed E-state index contributed by atoms with van der Waals surface area (Å²) in [4.78, 5) is 23.8. The highest BCUT2D eigenvalue weighted by atomic mass is 19.1. The highest BCUT2D eigenvalue weighted by molar-refractivity contribution is 5.89. The molecule has 2 aromatic rings. The van der Waals surface area contributed by atoms with Crippen LogP contribution in [0.1, 0.15) is 6.42 Å². The molecule has 8 heteroatoms. The number of carbonyl (C=O) groups is 1. The van der Waals surface area contributed by atoms with Crippen LogP contribution in [0, 0.1) is 5.82 Å². The van der Waals surface area contributed by atoms with Gasteiger partial charge in [0, 0.05) is 43.2 Å². The van der Waals surface area contributed by atoms with Crippen molar-refractivity contribution in [2.75, 3.05) is 49.3 Å². The van der Waals surface area contributed by atoms with E-state index in [0.717, 1.165) is 26.1 Å². The molecule has 0 radical (unpaired) electrons. The van der Waals surface area contributed by atoms with Gasteiger partial charge >= 0.3 is 6.09 Å². The van der Waals surface area contributed by atoms with Crippen LogP contribution in [0.25, 0.3) is 11.1 Å². The summed E-state index contributed by atoms with van der Waals surface area (Å²) in [7, 11) is 0. The number of nitrogens with zero attached hydrogens (tertiary/aromatic N) is 4. The minimum atomic E-state index is -0.453. The Bertz CT molecular complexity index is 792. The minimum absolute atomic E-state index is 0.318. The van der Waals surface area contributed by atoms with Gasteiger partial charge in [-0.25, -0.2) is 19.2 Å². The number of benzene rings is 1. The second kappa shape index (κ2) is 7.25. The summed E-state index contributed by atoms with van der Waals surface area (Å²) in [5, 5.41) is 0. The Kier molecular flexibility index (Phi) is 4.66. The van der Waals surface area contributed by atoms with Gasteiger partial charge in [-0.05, 0) is 24.6 Å². The first-order valence-corrected chi connectivity index (χ1v) is 8.61. The highest BCUT2D eigenvalue weighted by Gasteiger charge is 2.24. The van der Waals surface area contributed by atoms with Crippen molar-refractivity contribution in [2.45, 2.75) is 6.42 Å². The van der Waals surface area contributed by atoms with Crippen LogP contribution in [-0.2, 0) is 9.47 Å². The second-order valence-corrected chi connectivity index (χ2v) is 6.15. The topological polar surface area (TPSA) is 67.8 Å². The molecule has 26 heavy (non-hydrogen) atoms. The van der Waals surface area contributed by atoms with Crippen molar-refractivity contribution < 1.29 is 18.7 Å². The van der Waals surface area contributed by atoms with Gasteiger partial charge in [-0.2, -0.15) is 0 Å². The Hall–Kier alpha value is -2.74. The Morgan fingerprint density at radius 3 is 2.62 bits per heavy atom. The number of hydrogen-bond donors (Lipinski definition) is 0. The van der Waals surface area contributed by atoms with Gasteiger partial charge in [-0.1, -0.05) is 0 Å². The van der Waals surface area contributed by atoms with Gasteiger partial charge in [0.05, 0.1) is 18.8 Å². The van der Waals surface area contributed by atoms with E-state index in [4.69, 9.17) is 9.47 Å². The molecule has 0 atom stereocenters. The molecule has 0 bridgehead atoms. The summed E-state index contributed by atoms with van der Waals surface area (Å²) in [6.45, 7) is 3.73. The summed E-state index contributed by atoms with van der Waals surface area (Å²) in [6.07, 6.45) is 3.72. The molecule has 136 valence electrons. The fourth-order valence-corrected chi connectivity index (χ4v) is 3.10. The first-order valence-electron chi connectivity index (χ1n) is 8.61. The molecule has 0 N–H and O–H groups in total. The smallest absolute Gasteiger partial charge is 0.414 e.